The van der Waals surface area contributed by atoms with Crippen molar-refractivity contribution in [1.29, 1.82) is 0 Å². The molecule has 0 spiro atoms. The van der Waals surface area contributed by atoms with E-state index in [1.807, 2.05) is 48.5 Å². The molecule has 7 nitrogen and oxygen atoms in total. The molecule has 0 aromatic carbocycles. The lowest BCUT2D eigenvalue weighted by Crippen LogP contribution is -2.48. The molecule has 0 heterocycles. The first kappa shape index (κ1) is 43.2. The molecule has 0 aliphatic heterocycles. The standard InChI is InChI=1S/C19H40F3O4PSi.C9H20O3Si/c1-7-12-17(14-18(6,26-27)19(20,21)22)13-16(8-2)15-28(23-9-3,24-10-4)25-11-5;1-5-9-13(10-6-2,11-7-3)12-8-4/h16-17H,7-15,27H2,1-6H3;5H,1,6-9H2,2-4H3. The Morgan fingerprint density at radius 3 is 1.44 bits per heavy atom. The van der Waals surface area contributed by atoms with E-state index < -0.39 is 29.4 Å². The number of hydrogen-bond acceptors (Lipinski definition) is 7. The number of rotatable bonds is 24. The van der Waals surface area contributed by atoms with Gasteiger partial charge in [-0.25, -0.2) is 0 Å². The van der Waals surface area contributed by atoms with Crippen molar-refractivity contribution in [3.8, 4) is 0 Å². The third-order valence-corrected chi connectivity index (χ3v) is 13.4. The Hall–Kier alpha value is 0.114. The lowest BCUT2D eigenvalue weighted by molar-refractivity contribution is -0.244. The summed E-state index contributed by atoms with van der Waals surface area (Å²) in [6, 6.07) is 1.31. The Morgan fingerprint density at radius 1 is 0.732 bits per heavy atom. The molecule has 0 radical (unpaired) electrons. The van der Waals surface area contributed by atoms with E-state index >= 15 is 0 Å². The summed E-state index contributed by atoms with van der Waals surface area (Å²) in [7, 11) is -3.45. The quantitative estimate of drug-likeness (QED) is 0.0588. The Bertz CT molecular complexity index is 616. The average Bonchev–Trinajstić information content (AvgIpc) is 2.89. The van der Waals surface area contributed by atoms with Crippen LogP contribution >= 0.6 is 9.47 Å². The van der Waals surface area contributed by atoms with Crippen LogP contribution in [0.25, 0.3) is 0 Å². The molecule has 0 amide bonds. The first-order valence-corrected chi connectivity index (χ1v) is 19.5. The minimum atomic E-state index is -4.41. The first-order valence-electron chi connectivity index (χ1n) is 15.2. The summed E-state index contributed by atoms with van der Waals surface area (Å²) in [6.45, 7) is 23.8. The normalized spacial score (nSPS) is 15.5. The monoisotopic (exact) mass is 652 g/mol. The van der Waals surface area contributed by atoms with Gasteiger partial charge in [-0.3, -0.25) is 0 Å². The topological polar surface area (TPSA) is 64.6 Å². The minimum Gasteiger partial charge on any atom is -0.374 e. The number of alkyl halides is 3. The Morgan fingerprint density at radius 2 is 1.15 bits per heavy atom. The molecule has 248 valence electrons. The summed E-state index contributed by atoms with van der Waals surface area (Å²) < 4.78 is 79.9. The molecule has 0 aromatic rings. The number of hydrogen-bond donors (Lipinski definition) is 0. The summed E-state index contributed by atoms with van der Waals surface area (Å²) in [4.78, 5) is 0. The zero-order chi connectivity index (χ0) is 32.0. The van der Waals surface area contributed by atoms with Gasteiger partial charge in [-0.1, -0.05) is 39.2 Å². The second-order valence-electron chi connectivity index (χ2n) is 9.88. The maximum absolute atomic E-state index is 13.5. The van der Waals surface area contributed by atoms with Crippen LogP contribution in [0.2, 0.25) is 12.1 Å². The lowest BCUT2D eigenvalue weighted by Gasteiger charge is -2.36. The molecule has 0 N–H and O–H groups in total. The van der Waals surface area contributed by atoms with E-state index in [1.165, 1.54) is 0 Å². The molecule has 0 fully saturated rings. The van der Waals surface area contributed by atoms with Crippen LogP contribution in [0.4, 0.5) is 13.2 Å². The van der Waals surface area contributed by atoms with Crippen LogP contribution in [0.1, 0.15) is 94.4 Å². The van der Waals surface area contributed by atoms with Crippen molar-refractivity contribution in [3.05, 3.63) is 12.7 Å². The highest BCUT2D eigenvalue weighted by atomic mass is 31.0. The maximum atomic E-state index is 13.5. The summed E-state index contributed by atoms with van der Waals surface area (Å²) >= 11 is 0. The molecule has 0 saturated heterocycles. The number of allylic oxidation sites excluding steroid dienone is 1. The molecular formula is C28H60F3O7PSi2. The van der Waals surface area contributed by atoms with Crippen LogP contribution in [-0.2, 0) is 31.1 Å². The van der Waals surface area contributed by atoms with Crippen molar-refractivity contribution in [2.24, 2.45) is 11.8 Å². The molecule has 41 heavy (non-hydrogen) atoms. The summed E-state index contributed by atoms with van der Waals surface area (Å²) in [6.07, 6.45) is 0.394. The fraction of sp³-hybridized carbons (Fsp3) is 0.929. The third-order valence-electron chi connectivity index (χ3n) is 6.60. The zero-order valence-electron chi connectivity index (χ0n) is 27.2. The Balaban J connectivity index is 0. The van der Waals surface area contributed by atoms with E-state index in [1.54, 1.807) is 15.5 Å². The third kappa shape index (κ3) is 16.7. The van der Waals surface area contributed by atoms with Gasteiger partial charge in [-0.2, -0.15) is 13.2 Å². The molecule has 4 atom stereocenters. The summed E-state index contributed by atoms with van der Waals surface area (Å²) in [5, 5.41) is 0. The highest BCUT2D eigenvalue weighted by molar-refractivity contribution is 7.09. The van der Waals surface area contributed by atoms with Crippen LogP contribution in [0, 0.1) is 11.8 Å². The van der Waals surface area contributed by atoms with Crippen LogP contribution in [0.15, 0.2) is 12.7 Å². The second kappa shape index (κ2) is 23.5. The minimum absolute atomic E-state index is 0.0587. The van der Waals surface area contributed by atoms with E-state index in [0.29, 0.717) is 58.2 Å². The van der Waals surface area contributed by atoms with E-state index in [4.69, 9.17) is 31.1 Å². The molecule has 0 aliphatic carbocycles. The van der Waals surface area contributed by atoms with Crippen molar-refractivity contribution < 1.29 is 44.3 Å². The van der Waals surface area contributed by atoms with Gasteiger partial charge in [0.1, 0.15) is 0 Å². The van der Waals surface area contributed by atoms with Crippen LogP contribution < -0.4 is 0 Å². The molecular weight excluding hydrogens is 592 g/mol. The van der Waals surface area contributed by atoms with Crippen LogP contribution in [0.5, 0.6) is 0 Å². The predicted octanol–water partition coefficient (Wildman–Crippen LogP) is 8.61. The van der Waals surface area contributed by atoms with E-state index in [2.05, 4.69) is 13.5 Å². The Kier molecular flexibility index (Phi) is 24.8. The van der Waals surface area contributed by atoms with E-state index in [9.17, 15) is 13.2 Å². The number of halogens is 3. The van der Waals surface area contributed by atoms with Crippen molar-refractivity contribution in [2.75, 3.05) is 39.6 Å². The first-order chi connectivity index (χ1) is 19.3. The Labute approximate surface area is 253 Å². The van der Waals surface area contributed by atoms with Crippen molar-refractivity contribution >= 4 is 27.1 Å². The van der Waals surface area contributed by atoms with Crippen molar-refractivity contribution in [3.63, 3.8) is 0 Å². The molecule has 0 rings (SSSR count). The second-order valence-corrected chi connectivity index (χ2v) is 15.4. The van der Waals surface area contributed by atoms with Crippen LogP contribution in [0.3, 0.4) is 0 Å². The zero-order valence-corrected chi connectivity index (χ0v) is 30.4. The largest absolute Gasteiger partial charge is 0.504 e. The smallest absolute Gasteiger partial charge is 0.374 e. The van der Waals surface area contributed by atoms with Gasteiger partial charge in [-0.05, 0) is 73.1 Å². The van der Waals surface area contributed by atoms with E-state index in [0.717, 1.165) is 26.2 Å². The van der Waals surface area contributed by atoms with Gasteiger partial charge in [0.15, 0.2) is 5.60 Å². The predicted molar refractivity (Wildman–Crippen MR) is 168 cm³/mol. The van der Waals surface area contributed by atoms with Crippen molar-refractivity contribution in [2.45, 2.75) is 118 Å². The summed E-state index contributed by atoms with van der Waals surface area (Å²) in [5.41, 5.74) is -2.16. The van der Waals surface area contributed by atoms with Gasteiger partial charge < -0.3 is 31.1 Å². The SMILES string of the molecule is C=CC[Si](OCC)(OCC)OCC.CCCC(CC(CC)C[Si](OCC)(OCC)OCC)CC(C)(OP)C(F)(F)F. The maximum Gasteiger partial charge on any atom is 0.504 e. The summed E-state index contributed by atoms with van der Waals surface area (Å²) in [5.74, 6) is 0.0774. The van der Waals surface area contributed by atoms with Gasteiger partial charge in [-0.15, -0.1) is 6.58 Å². The fourth-order valence-electron chi connectivity index (χ4n) is 4.81. The molecule has 0 aromatic heterocycles. The highest BCUT2D eigenvalue weighted by Gasteiger charge is 2.53. The lowest BCUT2D eigenvalue weighted by atomic mass is 9.82. The van der Waals surface area contributed by atoms with Gasteiger partial charge in [0, 0.05) is 61.2 Å². The molecule has 0 saturated carbocycles. The molecule has 4 unspecified atom stereocenters. The average molecular weight is 653 g/mol. The molecule has 0 aliphatic rings. The fourth-order valence-corrected chi connectivity index (χ4v) is 10.4. The van der Waals surface area contributed by atoms with Crippen LogP contribution in [-0.4, -0.2) is 69.0 Å². The van der Waals surface area contributed by atoms with Gasteiger partial charge in [0.25, 0.3) is 0 Å². The molecule has 0 bridgehead atoms. The van der Waals surface area contributed by atoms with E-state index in [-0.39, 0.29) is 18.3 Å². The van der Waals surface area contributed by atoms with Gasteiger partial charge in [0.2, 0.25) is 0 Å². The van der Waals surface area contributed by atoms with Gasteiger partial charge >= 0.3 is 23.8 Å². The molecule has 13 heteroatoms. The highest BCUT2D eigenvalue weighted by Crippen LogP contribution is 2.43. The van der Waals surface area contributed by atoms with Crippen molar-refractivity contribution in [1.82, 2.24) is 0 Å². The van der Waals surface area contributed by atoms with Gasteiger partial charge in [0.05, 0.1) is 0 Å².